The summed E-state index contributed by atoms with van der Waals surface area (Å²) in [5.74, 6) is 0.582. The van der Waals surface area contributed by atoms with Crippen molar-refractivity contribution in [2.24, 2.45) is 0 Å². The smallest absolute Gasteiger partial charge is 0.223 e. The molecule has 1 N–H and O–H groups in total. The third-order valence-corrected chi connectivity index (χ3v) is 5.43. The molecule has 2 aromatic heterocycles. The van der Waals surface area contributed by atoms with Gasteiger partial charge in [0.15, 0.2) is 5.01 Å². The lowest BCUT2D eigenvalue weighted by atomic mass is 9.87. The Morgan fingerprint density at radius 3 is 2.86 bits per heavy atom. The summed E-state index contributed by atoms with van der Waals surface area (Å²) in [6, 6.07) is 7.90. The Morgan fingerprint density at radius 1 is 1.18 bits per heavy atom. The van der Waals surface area contributed by atoms with Crippen LogP contribution in [0.5, 0.6) is 0 Å². The van der Waals surface area contributed by atoms with Gasteiger partial charge in [-0.3, -0.25) is 4.79 Å². The zero-order valence-electron chi connectivity index (χ0n) is 12.3. The molecule has 1 aliphatic rings. The number of rotatable bonds is 3. The molecule has 0 atom stereocenters. The Kier molecular flexibility index (Phi) is 3.54. The number of hydrogen-bond acceptors (Lipinski definition) is 3. The number of aromatic nitrogens is 2. The summed E-state index contributed by atoms with van der Waals surface area (Å²) in [5, 5.41) is 3.67. The van der Waals surface area contributed by atoms with Crippen molar-refractivity contribution in [1.29, 1.82) is 0 Å². The number of nitrogens with zero attached hydrogens (tertiary/aromatic N) is 1. The van der Waals surface area contributed by atoms with Gasteiger partial charge in [-0.15, -0.1) is 11.3 Å². The molecule has 1 saturated carbocycles. The van der Waals surface area contributed by atoms with Crippen LogP contribution in [-0.4, -0.2) is 15.8 Å². The third-order valence-electron chi connectivity index (χ3n) is 4.57. The molecule has 112 valence electrons. The second-order valence-electron chi connectivity index (χ2n) is 5.99. The first-order chi connectivity index (χ1) is 10.8. The fraction of sp³-hybridized carbons (Fsp3) is 0.333. The Morgan fingerprint density at radius 2 is 2.00 bits per heavy atom. The predicted octanol–water partition coefficient (Wildman–Crippen LogP) is 4.90. The number of fused-ring (bicyclic) bond motifs is 1. The van der Waals surface area contributed by atoms with Gasteiger partial charge in [0.25, 0.3) is 0 Å². The largest absolute Gasteiger partial charge is 0.360 e. The number of benzene rings is 1. The first-order valence-corrected chi connectivity index (χ1v) is 8.77. The van der Waals surface area contributed by atoms with E-state index in [1.54, 1.807) is 6.20 Å². The van der Waals surface area contributed by atoms with Crippen molar-refractivity contribution in [2.45, 2.75) is 38.0 Å². The molecular weight excluding hydrogens is 292 g/mol. The number of para-hydroxylation sites is 1. The molecule has 1 aliphatic carbocycles. The van der Waals surface area contributed by atoms with Crippen molar-refractivity contribution < 1.29 is 4.79 Å². The monoisotopic (exact) mass is 310 g/mol. The minimum Gasteiger partial charge on any atom is -0.360 e. The average Bonchev–Trinajstić information content (AvgIpc) is 3.22. The fourth-order valence-electron chi connectivity index (χ4n) is 3.35. The number of ketones is 1. The van der Waals surface area contributed by atoms with Crippen LogP contribution >= 0.6 is 11.3 Å². The molecule has 4 heteroatoms. The van der Waals surface area contributed by atoms with E-state index in [0.717, 1.165) is 22.2 Å². The van der Waals surface area contributed by atoms with Crippen LogP contribution in [0.3, 0.4) is 0 Å². The van der Waals surface area contributed by atoms with Crippen LogP contribution in [0.2, 0.25) is 0 Å². The topological polar surface area (TPSA) is 45.8 Å². The molecule has 0 radical (unpaired) electrons. The molecule has 3 aromatic rings. The van der Waals surface area contributed by atoms with Crippen LogP contribution in [0.4, 0.5) is 0 Å². The van der Waals surface area contributed by atoms with Gasteiger partial charge in [-0.2, -0.15) is 0 Å². The van der Waals surface area contributed by atoms with Crippen molar-refractivity contribution in [3.8, 4) is 0 Å². The molecular formula is C18H18N2OS. The highest BCUT2D eigenvalue weighted by atomic mass is 32.1. The number of nitrogens with one attached hydrogen (secondary N) is 1. The normalized spacial score (nSPS) is 16.2. The summed E-state index contributed by atoms with van der Waals surface area (Å²) >= 11 is 1.48. The maximum atomic E-state index is 12.7. The minimum absolute atomic E-state index is 0.0320. The molecule has 3 nitrogen and oxygen atoms in total. The summed E-state index contributed by atoms with van der Waals surface area (Å²) in [4.78, 5) is 20.6. The second-order valence-corrected chi connectivity index (χ2v) is 6.85. The third kappa shape index (κ3) is 2.37. The summed E-state index contributed by atoms with van der Waals surface area (Å²) in [6.45, 7) is 0. The van der Waals surface area contributed by atoms with Crippen molar-refractivity contribution in [1.82, 2.24) is 9.97 Å². The Balaban J connectivity index is 1.64. The molecule has 0 amide bonds. The van der Waals surface area contributed by atoms with Gasteiger partial charge in [-0.05, 0) is 18.9 Å². The van der Waals surface area contributed by atoms with Crippen molar-refractivity contribution in [3.63, 3.8) is 0 Å². The van der Waals surface area contributed by atoms with Crippen LogP contribution in [-0.2, 0) is 0 Å². The van der Waals surface area contributed by atoms with Gasteiger partial charge in [-0.25, -0.2) is 4.98 Å². The molecule has 0 spiro atoms. The van der Waals surface area contributed by atoms with Crippen LogP contribution < -0.4 is 0 Å². The van der Waals surface area contributed by atoms with E-state index < -0.39 is 0 Å². The van der Waals surface area contributed by atoms with E-state index >= 15 is 0 Å². The molecule has 0 unspecified atom stereocenters. The summed E-state index contributed by atoms with van der Waals surface area (Å²) in [6.07, 6.45) is 8.13. The summed E-state index contributed by atoms with van der Waals surface area (Å²) in [5.41, 5.74) is 2.84. The van der Waals surface area contributed by atoms with Crippen molar-refractivity contribution in [2.75, 3.05) is 0 Å². The van der Waals surface area contributed by atoms with Gasteiger partial charge in [0, 0.05) is 28.4 Å². The summed E-state index contributed by atoms with van der Waals surface area (Å²) < 4.78 is 0. The Bertz CT molecular complexity index is 811. The summed E-state index contributed by atoms with van der Waals surface area (Å²) in [7, 11) is 0. The number of hydrogen-bond donors (Lipinski definition) is 1. The number of carbonyl (C=O) groups excluding carboxylic acids is 1. The lowest BCUT2D eigenvalue weighted by molar-refractivity contribution is 0.103. The molecule has 0 bridgehead atoms. The van der Waals surface area contributed by atoms with Crippen molar-refractivity contribution in [3.05, 3.63) is 52.1 Å². The van der Waals surface area contributed by atoms with E-state index in [-0.39, 0.29) is 5.78 Å². The van der Waals surface area contributed by atoms with Gasteiger partial charge in [0.1, 0.15) is 0 Å². The van der Waals surface area contributed by atoms with E-state index in [2.05, 4.69) is 15.3 Å². The Labute approximate surface area is 133 Å². The highest BCUT2D eigenvalue weighted by Gasteiger charge is 2.22. The van der Waals surface area contributed by atoms with E-state index in [1.165, 1.54) is 43.4 Å². The number of aromatic amines is 1. The SMILES string of the molecule is O=C(c1nc(C2CCCCC2)cs1)c1c[nH]c2ccccc12. The van der Waals surface area contributed by atoms with Gasteiger partial charge in [0.05, 0.1) is 11.3 Å². The fourth-order valence-corrected chi connectivity index (χ4v) is 4.20. The van der Waals surface area contributed by atoms with Crippen molar-refractivity contribution >= 4 is 28.0 Å². The van der Waals surface area contributed by atoms with E-state index in [9.17, 15) is 4.79 Å². The zero-order chi connectivity index (χ0) is 14.9. The Hall–Kier alpha value is -1.94. The van der Waals surface area contributed by atoms with Crippen LogP contribution in [0, 0.1) is 0 Å². The molecule has 1 aromatic carbocycles. The molecule has 4 rings (SSSR count). The van der Waals surface area contributed by atoms with E-state index in [1.807, 2.05) is 24.3 Å². The predicted molar refractivity (Wildman–Crippen MR) is 89.7 cm³/mol. The molecule has 0 saturated heterocycles. The molecule has 2 heterocycles. The first-order valence-electron chi connectivity index (χ1n) is 7.89. The van der Waals surface area contributed by atoms with Crippen LogP contribution in [0.25, 0.3) is 10.9 Å². The molecule has 0 aliphatic heterocycles. The maximum Gasteiger partial charge on any atom is 0.223 e. The van der Waals surface area contributed by atoms with Gasteiger partial charge < -0.3 is 4.98 Å². The average molecular weight is 310 g/mol. The van der Waals surface area contributed by atoms with E-state index in [4.69, 9.17) is 0 Å². The van der Waals surface area contributed by atoms with E-state index in [0.29, 0.717) is 10.9 Å². The maximum absolute atomic E-state index is 12.7. The lowest BCUT2D eigenvalue weighted by Gasteiger charge is -2.19. The number of H-pyrrole nitrogens is 1. The minimum atomic E-state index is 0.0320. The standard InChI is InChI=1S/C18H18N2OS/c21-17(14-10-19-15-9-5-4-8-13(14)15)18-20-16(11-22-18)12-6-2-1-3-7-12/h4-5,8-12,19H,1-3,6-7H2. The molecule has 1 fully saturated rings. The first kappa shape index (κ1) is 13.7. The lowest BCUT2D eigenvalue weighted by Crippen LogP contribution is -2.06. The number of thiazole rings is 1. The highest BCUT2D eigenvalue weighted by Crippen LogP contribution is 2.33. The molecule has 22 heavy (non-hydrogen) atoms. The van der Waals surface area contributed by atoms with Crippen LogP contribution in [0.15, 0.2) is 35.8 Å². The zero-order valence-corrected chi connectivity index (χ0v) is 13.2. The second kappa shape index (κ2) is 5.69. The van der Waals surface area contributed by atoms with Crippen LogP contribution in [0.1, 0.15) is 59.1 Å². The number of carbonyl (C=O) groups is 1. The van der Waals surface area contributed by atoms with Gasteiger partial charge in [-0.1, -0.05) is 37.5 Å². The van der Waals surface area contributed by atoms with Gasteiger partial charge in [0.2, 0.25) is 5.78 Å². The van der Waals surface area contributed by atoms with Gasteiger partial charge >= 0.3 is 0 Å². The highest BCUT2D eigenvalue weighted by molar-refractivity contribution is 7.12. The quantitative estimate of drug-likeness (QED) is 0.699.